The quantitative estimate of drug-likeness (QED) is 0.613. The summed E-state index contributed by atoms with van der Waals surface area (Å²) >= 11 is 0. The fraction of sp³-hybridized carbons (Fsp3) is 0.588. The summed E-state index contributed by atoms with van der Waals surface area (Å²) in [4.78, 5) is 14.9. The fourth-order valence-electron chi connectivity index (χ4n) is 2.38. The summed E-state index contributed by atoms with van der Waals surface area (Å²) in [5, 5.41) is 0. The number of hydrogen-bond donors (Lipinski definition) is 1. The number of nitrogens with zero attached hydrogens (tertiary/aromatic N) is 1. The van der Waals surface area contributed by atoms with E-state index in [2.05, 4.69) is 32.6 Å². The molecule has 0 bridgehead atoms. The fourth-order valence-corrected chi connectivity index (χ4v) is 2.38. The monoisotopic (exact) mass is 276 g/mol. The molecule has 1 unspecified atom stereocenters. The van der Waals surface area contributed by atoms with Crippen LogP contribution in [-0.2, 0) is 0 Å². The van der Waals surface area contributed by atoms with Gasteiger partial charge in [-0.3, -0.25) is 9.69 Å². The van der Waals surface area contributed by atoms with Crippen LogP contribution in [0.4, 0.5) is 5.69 Å². The molecule has 3 nitrogen and oxygen atoms in total. The second-order valence-electron chi connectivity index (χ2n) is 6.40. The summed E-state index contributed by atoms with van der Waals surface area (Å²) in [5.74, 6) is 1.28. The largest absolute Gasteiger partial charge is 0.399 e. The Morgan fingerprint density at radius 3 is 1.85 bits per heavy atom. The maximum Gasteiger partial charge on any atom is 0.179 e. The molecule has 0 saturated carbocycles. The minimum absolute atomic E-state index is 0.0941. The van der Waals surface area contributed by atoms with Gasteiger partial charge in [-0.15, -0.1) is 0 Å². The highest BCUT2D eigenvalue weighted by Gasteiger charge is 2.23. The van der Waals surface area contributed by atoms with Crippen LogP contribution in [0.25, 0.3) is 0 Å². The molecule has 1 rings (SSSR count). The topological polar surface area (TPSA) is 46.3 Å². The van der Waals surface area contributed by atoms with Gasteiger partial charge in [0, 0.05) is 24.3 Å². The van der Waals surface area contributed by atoms with Crippen LogP contribution in [0.1, 0.15) is 45.0 Å². The lowest BCUT2D eigenvalue weighted by Gasteiger charge is -2.31. The highest BCUT2D eigenvalue weighted by atomic mass is 16.1. The molecule has 2 N–H and O–H groups in total. The molecule has 0 fully saturated rings. The number of rotatable bonds is 7. The van der Waals surface area contributed by atoms with Crippen molar-refractivity contribution in [3.05, 3.63) is 29.8 Å². The van der Waals surface area contributed by atoms with Gasteiger partial charge in [0.1, 0.15) is 0 Å². The van der Waals surface area contributed by atoms with Gasteiger partial charge in [-0.2, -0.15) is 0 Å². The zero-order valence-corrected chi connectivity index (χ0v) is 13.4. The number of anilines is 1. The normalized spacial score (nSPS) is 13.2. The van der Waals surface area contributed by atoms with Gasteiger partial charge in [0.05, 0.1) is 6.04 Å². The zero-order chi connectivity index (χ0) is 15.3. The lowest BCUT2D eigenvalue weighted by Crippen LogP contribution is -2.43. The molecule has 0 aliphatic carbocycles. The van der Waals surface area contributed by atoms with Gasteiger partial charge in [-0.25, -0.2) is 0 Å². The molecule has 0 spiro atoms. The zero-order valence-electron chi connectivity index (χ0n) is 13.4. The van der Waals surface area contributed by atoms with E-state index in [4.69, 9.17) is 5.73 Å². The summed E-state index contributed by atoms with van der Waals surface area (Å²) in [6.07, 6.45) is 0. The first-order valence-corrected chi connectivity index (χ1v) is 7.45. The van der Waals surface area contributed by atoms with E-state index in [1.54, 1.807) is 12.1 Å². The van der Waals surface area contributed by atoms with Crippen molar-refractivity contribution in [3.8, 4) is 0 Å². The van der Waals surface area contributed by atoms with Crippen molar-refractivity contribution in [3.63, 3.8) is 0 Å². The maximum absolute atomic E-state index is 12.6. The summed E-state index contributed by atoms with van der Waals surface area (Å²) in [7, 11) is 0. The molecule has 0 radical (unpaired) electrons. The van der Waals surface area contributed by atoms with Crippen molar-refractivity contribution in [2.75, 3.05) is 18.8 Å². The van der Waals surface area contributed by atoms with Gasteiger partial charge in [-0.1, -0.05) is 27.7 Å². The van der Waals surface area contributed by atoms with E-state index in [1.165, 1.54) is 0 Å². The molecule has 1 atom stereocenters. The number of nitrogens with two attached hydrogens (primary N) is 1. The van der Waals surface area contributed by atoms with Crippen LogP contribution in [0, 0.1) is 11.8 Å². The van der Waals surface area contributed by atoms with Gasteiger partial charge in [0.2, 0.25) is 0 Å². The molecule has 0 aromatic heterocycles. The Kier molecular flexibility index (Phi) is 6.21. The number of hydrogen-bond acceptors (Lipinski definition) is 3. The molecule has 0 aliphatic rings. The smallest absolute Gasteiger partial charge is 0.179 e. The lowest BCUT2D eigenvalue weighted by atomic mass is 10.0. The number of ketones is 1. The standard InChI is InChI=1S/C17H28N2O/c1-12(2)10-19(11-13(3)4)14(5)17(20)15-6-8-16(18)9-7-15/h6-9,12-14H,10-11,18H2,1-5H3. The molecule has 0 saturated heterocycles. The van der Waals surface area contributed by atoms with Gasteiger partial charge in [0.25, 0.3) is 0 Å². The Bertz CT molecular complexity index is 413. The summed E-state index contributed by atoms with van der Waals surface area (Å²) in [6.45, 7) is 12.6. The SMILES string of the molecule is CC(C)CN(CC(C)C)C(C)C(=O)c1ccc(N)cc1. The molecule has 112 valence electrons. The average molecular weight is 276 g/mol. The first kappa shape index (κ1) is 16.7. The van der Waals surface area contributed by atoms with Gasteiger partial charge < -0.3 is 5.73 Å². The summed E-state index contributed by atoms with van der Waals surface area (Å²) in [6, 6.07) is 7.11. The third-order valence-electron chi connectivity index (χ3n) is 3.32. The molecule has 1 aromatic rings. The highest BCUT2D eigenvalue weighted by Crippen LogP contribution is 2.14. The van der Waals surface area contributed by atoms with Crippen LogP contribution in [0.2, 0.25) is 0 Å². The molecule has 1 aromatic carbocycles. The van der Waals surface area contributed by atoms with E-state index < -0.39 is 0 Å². The van der Waals surface area contributed by atoms with Crippen LogP contribution < -0.4 is 5.73 Å². The number of nitrogen functional groups attached to an aromatic ring is 1. The third kappa shape index (κ3) is 4.97. The molecule has 0 heterocycles. The Morgan fingerprint density at radius 1 is 1.00 bits per heavy atom. The maximum atomic E-state index is 12.6. The van der Waals surface area contributed by atoms with Crippen LogP contribution >= 0.6 is 0 Å². The second-order valence-corrected chi connectivity index (χ2v) is 6.40. The van der Waals surface area contributed by atoms with Crippen LogP contribution in [-0.4, -0.2) is 29.8 Å². The Hall–Kier alpha value is -1.35. The van der Waals surface area contributed by atoms with E-state index in [1.807, 2.05) is 19.1 Å². The minimum Gasteiger partial charge on any atom is -0.399 e. The molecule has 0 aliphatic heterocycles. The van der Waals surface area contributed by atoms with Crippen molar-refractivity contribution in [1.29, 1.82) is 0 Å². The molecule has 3 heteroatoms. The van der Waals surface area contributed by atoms with Crippen molar-refractivity contribution >= 4 is 11.5 Å². The number of benzene rings is 1. The van der Waals surface area contributed by atoms with E-state index in [-0.39, 0.29) is 11.8 Å². The average Bonchev–Trinajstić information content (AvgIpc) is 2.36. The van der Waals surface area contributed by atoms with Crippen molar-refractivity contribution in [2.45, 2.75) is 40.7 Å². The predicted octanol–water partition coefficient (Wildman–Crippen LogP) is 3.45. The highest BCUT2D eigenvalue weighted by molar-refractivity contribution is 6.00. The van der Waals surface area contributed by atoms with E-state index in [0.29, 0.717) is 17.5 Å². The second kappa shape index (κ2) is 7.44. The number of Topliss-reactive ketones (excluding diaryl/α,β-unsaturated/α-hetero) is 1. The minimum atomic E-state index is -0.0941. The van der Waals surface area contributed by atoms with Crippen LogP contribution in [0.5, 0.6) is 0 Å². The van der Waals surface area contributed by atoms with Crippen LogP contribution in [0.3, 0.4) is 0 Å². The van der Waals surface area contributed by atoms with Crippen molar-refractivity contribution in [2.24, 2.45) is 11.8 Å². The summed E-state index contributed by atoms with van der Waals surface area (Å²) < 4.78 is 0. The third-order valence-corrected chi connectivity index (χ3v) is 3.32. The summed E-state index contributed by atoms with van der Waals surface area (Å²) in [5.41, 5.74) is 7.10. The Labute approximate surface area is 123 Å². The molecule has 20 heavy (non-hydrogen) atoms. The van der Waals surface area contributed by atoms with E-state index in [0.717, 1.165) is 18.7 Å². The Balaban J connectivity index is 2.84. The lowest BCUT2D eigenvalue weighted by molar-refractivity contribution is 0.0801. The molecular weight excluding hydrogens is 248 g/mol. The molecule has 0 amide bonds. The van der Waals surface area contributed by atoms with Crippen LogP contribution in [0.15, 0.2) is 24.3 Å². The first-order valence-electron chi connectivity index (χ1n) is 7.45. The Morgan fingerprint density at radius 2 is 1.45 bits per heavy atom. The number of carbonyl (C=O) groups is 1. The van der Waals surface area contributed by atoms with Crippen molar-refractivity contribution in [1.82, 2.24) is 4.90 Å². The van der Waals surface area contributed by atoms with Gasteiger partial charge >= 0.3 is 0 Å². The number of carbonyl (C=O) groups excluding carboxylic acids is 1. The molecular formula is C17H28N2O. The predicted molar refractivity (Wildman–Crippen MR) is 85.9 cm³/mol. The van der Waals surface area contributed by atoms with Gasteiger partial charge in [-0.05, 0) is 43.0 Å². The van der Waals surface area contributed by atoms with E-state index >= 15 is 0 Å². The van der Waals surface area contributed by atoms with Crippen molar-refractivity contribution < 1.29 is 4.79 Å². The first-order chi connectivity index (χ1) is 9.31. The van der Waals surface area contributed by atoms with Gasteiger partial charge in [0.15, 0.2) is 5.78 Å². The van der Waals surface area contributed by atoms with E-state index in [9.17, 15) is 4.79 Å².